The molecule has 1 aromatic rings. The van der Waals surface area contributed by atoms with E-state index in [2.05, 4.69) is 17.5 Å². The van der Waals surface area contributed by atoms with Gasteiger partial charge in [0.25, 0.3) is 5.91 Å². The van der Waals surface area contributed by atoms with Crippen LogP contribution in [0.15, 0.2) is 35.4 Å². The number of nitrogens with zero attached hydrogens (tertiary/aromatic N) is 1. The van der Waals surface area contributed by atoms with Crippen molar-refractivity contribution in [3.8, 4) is 0 Å². The highest BCUT2D eigenvalue weighted by atomic mass is 16.3. The molecule has 4 heteroatoms. The average molecular weight is 385 g/mol. The lowest BCUT2D eigenvalue weighted by atomic mass is 9.66. The third kappa shape index (κ3) is 4.83. The summed E-state index contributed by atoms with van der Waals surface area (Å²) in [6.45, 7) is 2.11. The van der Waals surface area contributed by atoms with Gasteiger partial charge in [-0.1, -0.05) is 82.2 Å². The summed E-state index contributed by atoms with van der Waals surface area (Å²) in [5, 5.41) is 16.3. The van der Waals surface area contributed by atoms with Crippen molar-refractivity contribution in [3.63, 3.8) is 0 Å². The highest BCUT2D eigenvalue weighted by Crippen LogP contribution is 2.43. The zero-order chi connectivity index (χ0) is 19.8. The molecule has 2 aliphatic carbocycles. The fourth-order valence-electron chi connectivity index (χ4n) is 5.13. The Morgan fingerprint density at radius 1 is 1.00 bits per heavy atom. The van der Waals surface area contributed by atoms with Gasteiger partial charge in [-0.15, -0.1) is 0 Å². The molecular formula is C24H36N2O2. The van der Waals surface area contributed by atoms with Crippen molar-refractivity contribution in [2.45, 2.75) is 89.6 Å². The van der Waals surface area contributed by atoms with Crippen LogP contribution in [0.5, 0.6) is 0 Å². The second-order valence-electron chi connectivity index (χ2n) is 8.61. The Bertz CT molecular complexity index is 626. The Morgan fingerprint density at radius 3 is 2.04 bits per heavy atom. The third-order valence-electron chi connectivity index (χ3n) is 6.71. The molecule has 0 spiro atoms. The van der Waals surface area contributed by atoms with Crippen LogP contribution in [0.3, 0.4) is 0 Å². The zero-order valence-corrected chi connectivity index (χ0v) is 17.3. The molecular weight excluding hydrogens is 348 g/mol. The van der Waals surface area contributed by atoms with Gasteiger partial charge in [0.15, 0.2) is 5.60 Å². The van der Waals surface area contributed by atoms with E-state index in [4.69, 9.17) is 0 Å². The Balaban J connectivity index is 1.81. The second-order valence-corrected chi connectivity index (χ2v) is 8.61. The minimum absolute atomic E-state index is 0.0610. The molecule has 2 aliphatic rings. The number of carbonyl (C=O) groups is 1. The molecule has 154 valence electrons. The summed E-state index contributed by atoms with van der Waals surface area (Å²) in [4.78, 5) is 13.3. The molecule has 2 fully saturated rings. The highest BCUT2D eigenvalue weighted by Gasteiger charge is 2.50. The number of carbonyl (C=O) groups excluding carboxylic acids is 1. The molecule has 0 heterocycles. The normalized spacial score (nSPS) is 20.1. The van der Waals surface area contributed by atoms with E-state index in [9.17, 15) is 9.90 Å². The molecule has 2 N–H and O–H groups in total. The number of amides is 1. The molecule has 3 rings (SSSR count). The van der Waals surface area contributed by atoms with Crippen LogP contribution in [0.4, 0.5) is 0 Å². The molecule has 0 aromatic heterocycles. The maximum Gasteiger partial charge on any atom is 0.272 e. The lowest BCUT2D eigenvalue weighted by molar-refractivity contribution is -0.159. The number of nitrogens with one attached hydrogen (secondary N) is 1. The van der Waals surface area contributed by atoms with Gasteiger partial charge in [0, 0.05) is 0 Å². The molecule has 1 amide bonds. The molecule has 2 saturated carbocycles. The van der Waals surface area contributed by atoms with Crippen molar-refractivity contribution >= 4 is 11.6 Å². The van der Waals surface area contributed by atoms with Gasteiger partial charge in [-0.3, -0.25) is 4.79 Å². The van der Waals surface area contributed by atoms with E-state index < -0.39 is 5.60 Å². The number of hydrogen-bond acceptors (Lipinski definition) is 3. The number of aliphatic hydroxyl groups is 1. The first-order valence-corrected chi connectivity index (χ1v) is 11.3. The number of hydrogen-bond donors (Lipinski definition) is 2. The number of hydrazone groups is 1. The van der Waals surface area contributed by atoms with Crippen LogP contribution < -0.4 is 5.43 Å². The summed E-state index contributed by atoms with van der Waals surface area (Å²) in [5.74, 6) is -0.160. The molecule has 0 aliphatic heterocycles. The van der Waals surface area contributed by atoms with Gasteiger partial charge < -0.3 is 5.11 Å². The Hall–Kier alpha value is -1.68. The van der Waals surface area contributed by atoms with E-state index in [1.165, 1.54) is 12.8 Å². The molecule has 0 unspecified atom stereocenters. The third-order valence-corrected chi connectivity index (χ3v) is 6.71. The molecule has 1 aromatic carbocycles. The predicted molar refractivity (Wildman–Crippen MR) is 114 cm³/mol. The van der Waals surface area contributed by atoms with E-state index in [-0.39, 0.29) is 17.7 Å². The second kappa shape index (κ2) is 10.2. The van der Waals surface area contributed by atoms with Crippen molar-refractivity contribution < 1.29 is 9.90 Å². The first-order valence-electron chi connectivity index (χ1n) is 11.3. The number of rotatable bonds is 7. The predicted octanol–water partition coefficient (Wildman–Crippen LogP) is 5.20. The highest BCUT2D eigenvalue weighted by molar-refractivity contribution is 6.01. The monoisotopic (exact) mass is 384 g/mol. The molecule has 0 radical (unpaired) electrons. The molecule has 0 bridgehead atoms. The maximum atomic E-state index is 13.3. The van der Waals surface area contributed by atoms with Gasteiger partial charge in [0.1, 0.15) is 0 Å². The van der Waals surface area contributed by atoms with Crippen molar-refractivity contribution in [1.29, 1.82) is 0 Å². The molecule has 0 atom stereocenters. The van der Waals surface area contributed by atoms with E-state index >= 15 is 0 Å². The fourth-order valence-corrected chi connectivity index (χ4v) is 5.13. The topological polar surface area (TPSA) is 61.7 Å². The van der Waals surface area contributed by atoms with Crippen LogP contribution in [0.2, 0.25) is 0 Å². The summed E-state index contributed by atoms with van der Waals surface area (Å²) in [7, 11) is 0. The molecule has 28 heavy (non-hydrogen) atoms. The van der Waals surface area contributed by atoms with E-state index in [1.807, 2.05) is 30.3 Å². The lowest BCUT2D eigenvalue weighted by Gasteiger charge is -2.43. The van der Waals surface area contributed by atoms with Gasteiger partial charge in [-0.05, 0) is 49.5 Å². The SMILES string of the molecule is CCCC(=NNC(=O)C(O)(C1CCCCC1)C1CCCCC1)c1ccccc1. The van der Waals surface area contributed by atoms with Crippen molar-refractivity contribution in [2.75, 3.05) is 0 Å². The van der Waals surface area contributed by atoms with Gasteiger partial charge >= 0.3 is 0 Å². The quantitative estimate of drug-likeness (QED) is 0.501. The lowest BCUT2D eigenvalue weighted by Crippen LogP contribution is -2.57. The first kappa shape index (κ1) is 21.0. The van der Waals surface area contributed by atoms with Gasteiger partial charge in [0.05, 0.1) is 5.71 Å². The smallest absolute Gasteiger partial charge is 0.272 e. The summed E-state index contributed by atoms with van der Waals surface area (Å²) in [6.07, 6.45) is 12.4. The standard InChI is InChI=1S/C24H36N2O2/c1-2-12-22(19-13-6-3-7-14-19)25-26-23(27)24(28,20-15-8-4-9-16-20)21-17-10-5-11-18-21/h3,6-7,13-14,20-21,28H,2,4-5,8-12,15-18H2,1H3,(H,26,27). The van der Waals surface area contributed by atoms with E-state index in [0.29, 0.717) is 0 Å². The van der Waals surface area contributed by atoms with E-state index in [0.717, 1.165) is 75.5 Å². The largest absolute Gasteiger partial charge is 0.379 e. The fraction of sp³-hybridized carbons (Fsp3) is 0.667. The van der Waals surface area contributed by atoms with Crippen molar-refractivity contribution in [1.82, 2.24) is 5.43 Å². The maximum absolute atomic E-state index is 13.3. The Kier molecular flexibility index (Phi) is 7.66. The van der Waals surface area contributed by atoms with Crippen LogP contribution >= 0.6 is 0 Å². The summed E-state index contributed by atoms with van der Waals surface area (Å²) in [6, 6.07) is 10.0. The summed E-state index contributed by atoms with van der Waals surface area (Å²) < 4.78 is 0. The van der Waals surface area contributed by atoms with Gasteiger partial charge in [-0.2, -0.15) is 5.10 Å². The van der Waals surface area contributed by atoms with Crippen LogP contribution in [-0.2, 0) is 4.79 Å². The summed E-state index contributed by atoms with van der Waals surface area (Å²) in [5.41, 5.74) is 3.43. The van der Waals surface area contributed by atoms with Crippen LogP contribution in [0, 0.1) is 11.8 Å². The van der Waals surface area contributed by atoms with Gasteiger partial charge in [0.2, 0.25) is 0 Å². The summed E-state index contributed by atoms with van der Waals surface area (Å²) >= 11 is 0. The van der Waals surface area contributed by atoms with Crippen LogP contribution in [-0.4, -0.2) is 22.3 Å². The minimum Gasteiger partial charge on any atom is -0.379 e. The van der Waals surface area contributed by atoms with Crippen molar-refractivity contribution in [2.24, 2.45) is 16.9 Å². The first-order chi connectivity index (χ1) is 13.7. The zero-order valence-electron chi connectivity index (χ0n) is 17.3. The Morgan fingerprint density at radius 2 is 1.54 bits per heavy atom. The average Bonchev–Trinajstić information content (AvgIpc) is 2.77. The molecule has 4 nitrogen and oxygen atoms in total. The molecule has 0 saturated heterocycles. The van der Waals surface area contributed by atoms with Crippen molar-refractivity contribution in [3.05, 3.63) is 35.9 Å². The Labute approximate surface area is 169 Å². The van der Waals surface area contributed by atoms with Gasteiger partial charge in [-0.25, -0.2) is 5.43 Å². The van der Waals surface area contributed by atoms with Crippen LogP contribution in [0.1, 0.15) is 89.5 Å². The minimum atomic E-state index is -1.28. The number of benzene rings is 1. The van der Waals surface area contributed by atoms with Crippen LogP contribution in [0.25, 0.3) is 0 Å². The van der Waals surface area contributed by atoms with E-state index in [1.54, 1.807) is 0 Å².